The van der Waals surface area contributed by atoms with Crippen LogP contribution in [0.1, 0.15) is 30.1 Å². The maximum Gasteiger partial charge on any atom is 0.167 e. The minimum atomic E-state index is -0.793. The van der Waals surface area contributed by atoms with E-state index in [9.17, 15) is 8.78 Å². The topological polar surface area (TPSA) is 22.1 Å². The van der Waals surface area contributed by atoms with Crippen molar-refractivity contribution in [2.24, 2.45) is 11.8 Å². The van der Waals surface area contributed by atoms with Gasteiger partial charge in [0.2, 0.25) is 0 Å². The zero-order chi connectivity index (χ0) is 23.7. The van der Waals surface area contributed by atoms with E-state index in [-0.39, 0.29) is 12.1 Å². The monoisotopic (exact) mass is 461 g/mol. The number of benzene rings is 2. The molecule has 0 radical (unpaired) electrons. The number of quaternary nitrogens is 1. The molecule has 0 N–H and O–H groups in total. The first kappa shape index (κ1) is 22.9. The number of para-hydroxylation sites is 1. The Hall–Kier alpha value is -2.89. The van der Waals surface area contributed by atoms with Gasteiger partial charge in [0.25, 0.3) is 0 Å². The number of rotatable bonds is 8. The van der Waals surface area contributed by atoms with Gasteiger partial charge in [-0.1, -0.05) is 42.5 Å². The molecule has 0 aliphatic carbocycles. The second kappa shape index (κ2) is 9.40. The highest BCUT2D eigenvalue weighted by atomic mass is 19.2. The number of hydrogen-bond acceptors (Lipinski definition) is 2. The van der Waals surface area contributed by atoms with E-state index in [1.807, 2.05) is 30.5 Å². The zero-order valence-electron chi connectivity index (χ0n) is 19.4. The predicted molar refractivity (Wildman–Crippen MR) is 131 cm³/mol. The van der Waals surface area contributed by atoms with Crippen LogP contribution in [0, 0.1) is 23.5 Å². The Morgan fingerprint density at radius 1 is 1.12 bits per heavy atom. The molecule has 3 fully saturated rings. The third-order valence-electron chi connectivity index (χ3n) is 7.92. The lowest BCUT2D eigenvalue weighted by Gasteiger charge is -2.58. The molecule has 0 saturated carbocycles. The van der Waals surface area contributed by atoms with E-state index in [1.54, 1.807) is 18.2 Å². The van der Waals surface area contributed by atoms with E-state index in [0.717, 1.165) is 42.4 Å². The van der Waals surface area contributed by atoms with E-state index < -0.39 is 11.6 Å². The van der Waals surface area contributed by atoms with Crippen LogP contribution in [-0.4, -0.2) is 35.2 Å². The van der Waals surface area contributed by atoms with Crippen LogP contribution in [0.15, 0.2) is 80.0 Å². The lowest BCUT2D eigenvalue weighted by Crippen LogP contribution is -2.67. The Morgan fingerprint density at radius 2 is 1.97 bits per heavy atom. The molecule has 5 heteroatoms. The standard InChI is InChI=1S/C29H31F2N2O/c1-3-16-34-29(24-12-14-32-26-11-6-5-9-23(24)26)27-17-21-13-15-33(27,18-20(21)4-2)19-22-8-7-10-25(30)28(22)31/h3-12,14,20-21,27,29H,1-2,13,15-19H2/q+1/t20-,21-,27-,29+,33-/m0/s1. The van der Waals surface area contributed by atoms with Crippen molar-refractivity contribution >= 4 is 10.9 Å². The van der Waals surface area contributed by atoms with Crippen LogP contribution in [0.5, 0.6) is 0 Å². The molecule has 0 amide bonds. The van der Waals surface area contributed by atoms with Crippen LogP contribution >= 0.6 is 0 Å². The number of pyridine rings is 1. The first-order valence-electron chi connectivity index (χ1n) is 12.0. The Kier molecular flexibility index (Phi) is 6.32. The summed E-state index contributed by atoms with van der Waals surface area (Å²) in [6.45, 7) is 10.6. The second-order valence-corrected chi connectivity index (χ2v) is 9.71. The molecule has 1 aromatic heterocycles. The van der Waals surface area contributed by atoms with Crippen molar-refractivity contribution in [2.75, 3.05) is 19.7 Å². The molecular formula is C29H31F2N2O+. The van der Waals surface area contributed by atoms with Crippen molar-refractivity contribution < 1.29 is 18.0 Å². The number of aromatic nitrogens is 1. The molecule has 3 aliphatic heterocycles. The lowest BCUT2D eigenvalue weighted by molar-refractivity contribution is -0.985. The van der Waals surface area contributed by atoms with Gasteiger partial charge in [-0.2, -0.15) is 0 Å². The number of halogens is 2. The highest BCUT2D eigenvalue weighted by molar-refractivity contribution is 5.82. The van der Waals surface area contributed by atoms with Crippen LogP contribution in [-0.2, 0) is 11.3 Å². The van der Waals surface area contributed by atoms with E-state index in [2.05, 4.69) is 30.3 Å². The van der Waals surface area contributed by atoms with E-state index >= 15 is 0 Å². The fourth-order valence-corrected chi connectivity index (χ4v) is 6.32. The Bertz CT molecular complexity index is 1210. The van der Waals surface area contributed by atoms with Gasteiger partial charge in [0.1, 0.15) is 18.7 Å². The predicted octanol–water partition coefficient (Wildman–Crippen LogP) is 6.37. The minimum absolute atomic E-state index is 0.100. The van der Waals surface area contributed by atoms with Crippen LogP contribution in [0.4, 0.5) is 8.78 Å². The minimum Gasteiger partial charge on any atom is -0.363 e. The summed E-state index contributed by atoms with van der Waals surface area (Å²) in [5, 5.41) is 1.07. The number of piperidine rings is 3. The van der Waals surface area contributed by atoms with Gasteiger partial charge in [-0.3, -0.25) is 4.98 Å². The van der Waals surface area contributed by atoms with Crippen molar-refractivity contribution in [3.63, 3.8) is 0 Å². The molecule has 0 unspecified atom stereocenters. The van der Waals surface area contributed by atoms with Crippen LogP contribution in [0.2, 0.25) is 0 Å². The average Bonchev–Trinajstić information content (AvgIpc) is 2.87. The highest BCUT2D eigenvalue weighted by Crippen LogP contribution is 2.49. The van der Waals surface area contributed by atoms with Crippen LogP contribution in [0.25, 0.3) is 10.9 Å². The van der Waals surface area contributed by atoms with Gasteiger partial charge in [0.15, 0.2) is 11.6 Å². The fraction of sp³-hybridized carbons (Fsp3) is 0.345. The highest BCUT2D eigenvalue weighted by Gasteiger charge is 2.54. The molecule has 3 aromatic rings. The summed E-state index contributed by atoms with van der Waals surface area (Å²) in [7, 11) is 0. The molecule has 34 heavy (non-hydrogen) atoms. The summed E-state index contributed by atoms with van der Waals surface area (Å²) in [5.41, 5.74) is 2.45. The van der Waals surface area contributed by atoms with Crippen molar-refractivity contribution in [3.05, 3.63) is 103 Å². The van der Waals surface area contributed by atoms with Crippen molar-refractivity contribution in [1.29, 1.82) is 0 Å². The number of ether oxygens (including phenoxy) is 1. The molecule has 5 atom stereocenters. The normalized spacial score (nSPS) is 26.9. The second-order valence-electron chi connectivity index (χ2n) is 9.71. The summed E-state index contributed by atoms with van der Waals surface area (Å²) < 4.78 is 36.2. The van der Waals surface area contributed by atoms with E-state index in [1.165, 1.54) is 6.07 Å². The molecule has 2 bridgehead atoms. The van der Waals surface area contributed by atoms with Gasteiger partial charge in [-0.05, 0) is 29.7 Å². The van der Waals surface area contributed by atoms with Crippen molar-refractivity contribution in [3.8, 4) is 0 Å². The first-order valence-corrected chi connectivity index (χ1v) is 12.0. The molecular weight excluding hydrogens is 430 g/mol. The fourth-order valence-electron chi connectivity index (χ4n) is 6.32. The smallest absolute Gasteiger partial charge is 0.167 e. The Labute approximate surface area is 200 Å². The molecule has 176 valence electrons. The van der Waals surface area contributed by atoms with Gasteiger partial charge in [-0.25, -0.2) is 8.78 Å². The quantitative estimate of drug-likeness (QED) is 0.287. The van der Waals surface area contributed by atoms with Gasteiger partial charge in [-0.15, -0.1) is 13.2 Å². The van der Waals surface area contributed by atoms with E-state index in [4.69, 9.17) is 4.74 Å². The molecule has 3 saturated heterocycles. The van der Waals surface area contributed by atoms with Gasteiger partial charge in [0, 0.05) is 35.9 Å². The SMILES string of the molecule is C=CCO[C@H](c1ccnc2ccccc12)[C@@H]1C[C@@H]2CC[N@@+]1(Cc1cccc(F)c1F)C[C@@H]2C=C. The molecule has 6 rings (SSSR count). The summed E-state index contributed by atoms with van der Waals surface area (Å²) >= 11 is 0. The molecule has 3 aliphatic rings. The molecule has 0 spiro atoms. The summed E-state index contributed by atoms with van der Waals surface area (Å²) in [5.74, 6) is -0.660. The first-order chi connectivity index (χ1) is 16.6. The average molecular weight is 462 g/mol. The lowest BCUT2D eigenvalue weighted by atomic mass is 9.71. The van der Waals surface area contributed by atoms with Crippen LogP contribution < -0.4 is 0 Å². The summed E-state index contributed by atoms with van der Waals surface area (Å²) in [4.78, 5) is 4.54. The third kappa shape index (κ3) is 3.97. The van der Waals surface area contributed by atoms with E-state index in [0.29, 0.717) is 35.0 Å². The van der Waals surface area contributed by atoms with Crippen LogP contribution in [0.3, 0.4) is 0 Å². The maximum atomic E-state index is 14.9. The van der Waals surface area contributed by atoms with Gasteiger partial charge in [0.05, 0.1) is 25.2 Å². The van der Waals surface area contributed by atoms with Crippen molar-refractivity contribution in [1.82, 2.24) is 4.98 Å². The van der Waals surface area contributed by atoms with Gasteiger partial charge >= 0.3 is 0 Å². The largest absolute Gasteiger partial charge is 0.363 e. The van der Waals surface area contributed by atoms with Crippen molar-refractivity contribution in [2.45, 2.75) is 31.5 Å². The Balaban J connectivity index is 1.62. The number of fused-ring (bicyclic) bond motifs is 4. The molecule has 3 nitrogen and oxygen atoms in total. The maximum absolute atomic E-state index is 14.9. The number of hydrogen-bond donors (Lipinski definition) is 0. The number of nitrogens with zero attached hydrogens (tertiary/aromatic N) is 2. The zero-order valence-corrected chi connectivity index (χ0v) is 19.4. The summed E-state index contributed by atoms with van der Waals surface area (Å²) in [6, 6.07) is 14.7. The third-order valence-corrected chi connectivity index (χ3v) is 7.92. The molecule has 2 aromatic carbocycles. The summed E-state index contributed by atoms with van der Waals surface area (Å²) in [6.07, 6.45) is 7.45. The van der Waals surface area contributed by atoms with Gasteiger partial charge < -0.3 is 9.22 Å². The molecule has 4 heterocycles. The Morgan fingerprint density at radius 3 is 2.79 bits per heavy atom.